The zero-order valence-electron chi connectivity index (χ0n) is 11.4. The normalized spacial score (nSPS) is 28.8. The van der Waals surface area contributed by atoms with Crippen LogP contribution in [0.3, 0.4) is 0 Å². The summed E-state index contributed by atoms with van der Waals surface area (Å²) in [7, 11) is 0. The fourth-order valence-corrected chi connectivity index (χ4v) is 2.23. The minimum absolute atomic E-state index is 0.765. The summed E-state index contributed by atoms with van der Waals surface area (Å²) < 4.78 is 0. The molecule has 0 heterocycles. The maximum absolute atomic E-state index is 2.47. The van der Waals surface area contributed by atoms with Crippen molar-refractivity contribution >= 4 is 0 Å². The van der Waals surface area contributed by atoms with Crippen molar-refractivity contribution in [1.82, 2.24) is 0 Å². The lowest BCUT2D eigenvalue weighted by molar-refractivity contribution is 0.492. The summed E-state index contributed by atoms with van der Waals surface area (Å²) in [6.07, 6.45) is 14.7. The van der Waals surface area contributed by atoms with E-state index < -0.39 is 0 Å². The van der Waals surface area contributed by atoms with Crippen molar-refractivity contribution in [2.45, 2.75) is 53.4 Å². The largest absolute Gasteiger partial charge is 0.0917 e. The summed E-state index contributed by atoms with van der Waals surface area (Å²) in [6.45, 7) is 9.07. The van der Waals surface area contributed by atoms with Crippen LogP contribution in [0.5, 0.6) is 0 Å². The first-order valence-electron chi connectivity index (χ1n) is 6.96. The SMILES string of the molecule is CC=CCC(C)CC1CC1C=CC(C)CC. The van der Waals surface area contributed by atoms with Gasteiger partial charge in [-0.2, -0.15) is 0 Å². The van der Waals surface area contributed by atoms with Gasteiger partial charge in [0, 0.05) is 0 Å². The van der Waals surface area contributed by atoms with Gasteiger partial charge in [-0.25, -0.2) is 0 Å². The lowest BCUT2D eigenvalue weighted by Crippen LogP contribution is -1.95. The average molecular weight is 220 g/mol. The molecular weight excluding hydrogens is 192 g/mol. The molecule has 4 unspecified atom stereocenters. The molecule has 1 rings (SSSR count). The van der Waals surface area contributed by atoms with Gasteiger partial charge in [-0.05, 0) is 49.9 Å². The predicted octanol–water partition coefficient (Wildman–Crippen LogP) is 5.22. The number of allylic oxidation sites excluding steroid dienone is 4. The third-order valence-electron chi connectivity index (χ3n) is 3.79. The second-order valence-corrected chi connectivity index (χ2v) is 5.58. The van der Waals surface area contributed by atoms with Crippen LogP contribution in [0.4, 0.5) is 0 Å². The molecule has 1 fully saturated rings. The maximum Gasteiger partial charge on any atom is -0.0202 e. The molecule has 0 aromatic rings. The van der Waals surface area contributed by atoms with E-state index in [1.807, 2.05) is 0 Å². The Bertz CT molecular complexity index is 236. The van der Waals surface area contributed by atoms with Crippen molar-refractivity contribution in [2.24, 2.45) is 23.7 Å². The van der Waals surface area contributed by atoms with Gasteiger partial charge in [0.1, 0.15) is 0 Å². The first kappa shape index (κ1) is 13.5. The minimum Gasteiger partial charge on any atom is -0.0917 e. The van der Waals surface area contributed by atoms with Crippen molar-refractivity contribution in [2.75, 3.05) is 0 Å². The van der Waals surface area contributed by atoms with Crippen molar-refractivity contribution in [3.05, 3.63) is 24.3 Å². The second-order valence-electron chi connectivity index (χ2n) is 5.58. The molecule has 0 spiro atoms. The molecule has 1 saturated carbocycles. The predicted molar refractivity (Wildman–Crippen MR) is 73.4 cm³/mol. The van der Waals surface area contributed by atoms with E-state index in [0.717, 1.165) is 23.7 Å². The van der Waals surface area contributed by atoms with E-state index in [1.165, 1.54) is 25.7 Å². The van der Waals surface area contributed by atoms with Gasteiger partial charge in [0.2, 0.25) is 0 Å². The van der Waals surface area contributed by atoms with Crippen LogP contribution in [0.15, 0.2) is 24.3 Å². The first-order valence-corrected chi connectivity index (χ1v) is 6.96. The zero-order valence-corrected chi connectivity index (χ0v) is 11.4. The summed E-state index contributed by atoms with van der Waals surface area (Å²) in [5.74, 6) is 3.52. The third-order valence-corrected chi connectivity index (χ3v) is 3.79. The van der Waals surface area contributed by atoms with E-state index in [4.69, 9.17) is 0 Å². The molecule has 4 atom stereocenters. The van der Waals surface area contributed by atoms with E-state index in [0.29, 0.717) is 0 Å². The van der Waals surface area contributed by atoms with Crippen LogP contribution < -0.4 is 0 Å². The number of hydrogen-bond donors (Lipinski definition) is 0. The molecule has 0 aromatic heterocycles. The molecule has 0 bridgehead atoms. The Labute approximate surface area is 102 Å². The fourth-order valence-electron chi connectivity index (χ4n) is 2.23. The lowest BCUT2D eigenvalue weighted by atomic mass is 9.99. The molecule has 0 aliphatic heterocycles. The van der Waals surface area contributed by atoms with Crippen LogP contribution in [0, 0.1) is 23.7 Å². The van der Waals surface area contributed by atoms with Crippen molar-refractivity contribution in [3.63, 3.8) is 0 Å². The van der Waals surface area contributed by atoms with Gasteiger partial charge in [0.25, 0.3) is 0 Å². The molecular formula is C16H28. The van der Waals surface area contributed by atoms with Gasteiger partial charge in [-0.3, -0.25) is 0 Å². The van der Waals surface area contributed by atoms with Gasteiger partial charge in [-0.15, -0.1) is 0 Å². The molecule has 1 aliphatic rings. The van der Waals surface area contributed by atoms with Crippen LogP contribution in [0.25, 0.3) is 0 Å². The fraction of sp³-hybridized carbons (Fsp3) is 0.750. The number of hydrogen-bond acceptors (Lipinski definition) is 0. The number of rotatable bonds is 7. The molecule has 16 heavy (non-hydrogen) atoms. The van der Waals surface area contributed by atoms with Gasteiger partial charge < -0.3 is 0 Å². The molecule has 0 amide bonds. The zero-order chi connectivity index (χ0) is 12.0. The quantitative estimate of drug-likeness (QED) is 0.516. The molecule has 0 radical (unpaired) electrons. The summed E-state index contributed by atoms with van der Waals surface area (Å²) in [5, 5.41) is 0. The van der Waals surface area contributed by atoms with E-state index in [-0.39, 0.29) is 0 Å². The molecule has 0 N–H and O–H groups in total. The van der Waals surface area contributed by atoms with E-state index in [2.05, 4.69) is 52.0 Å². The molecule has 0 aromatic carbocycles. The van der Waals surface area contributed by atoms with Gasteiger partial charge in [0.15, 0.2) is 0 Å². The molecule has 0 nitrogen and oxygen atoms in total. The second kappa shape index (κ2) is 6.93. The smallest absolute Gasteiger partial charge is 0.0202 e. The molecule has 92 valence electrons. The average Bonchev–Trinajstić information content (AvgIpc) is 3.01. The summed E-state index contributed by atoms with van der Waals surface area (Å²) in [4.78, 5) is 0. The Morgan fingerprint density at radius 2 is 2.06 bits per heavy atom. The topological polar surface area (TPSA) is 0 Å². The Morgan fingerprint density at radius 3 is 2.69 bits per heavy atom. The summed E-state index contributed by atoms with van der Waals surface area (Å²) in [6, 6.07) is 0. The summed E-state index contributed by atoms with van der Waals surface area (Å²) >= 11 is 0. The molecule has 1 aliphatic carbocycles. The third kappa shape index (κ3) is 5.01. The molecule has 0 saturated heterocycles. The van der Waals surface area contributed by atoms with E-state index in [1.54, 1.807) is 0 Å². The van der Waals surface area contributed by atoms with Crippen LogP contribution in [0.1, 0.15) is 53.4 Å². The van der Waals surface area contributed by atoms with E-state index >= 15 is 0 Å². The highest BCUT2D eigenvalue weighted by Crippen LogP contribution is 2.44. The Kier molecular flexibility index (Phi) is 5.87. The van der Waals surface area contributed by atoms with Crippen LogP contribution >= 0.6 is 0 Å². The van der Waals surface area contributed by atoms with Gasteiger partial charge >= 0.3 is 0 Å². The van der Waals surface area contributed by atoms with Crippen LogP contribution in [0.2, 0.25) is 0 Å². The monoisotopic (exact) mass is 220 g/mol. The highest BCUT2D eigenvalue weighted by Gasteiger charge is 2.35. The highest BCUT2D eigenvalue weighted by atomic mass is 14.4. The first-order chi connectivity index (χ1) is 7.67. The van der Waals surface area contributed by atoms with Crippen molar-refractivity contribution in [3.8, 4) is 0 Å². The van der Waals surface area contributed by atoms with Gasteiger partial charge in [0.05, 0.1) is 0 Å². The Balaban J connectivity index is 2.16. The Morgan fingerprint density at radius 1 is 1.31 bits per heavy atom. The van der Waals surface area contributed by atoms with Crippen molar-refractivity contribution in [1.29, 1.82) is 0 Å². The van der Waals surface area contributed by atoms with E-state index in [9.17, 15) is 0 Å². The standard InChI is InChI=1S/C16H28/c1-5-7-8-14(4)11-16-12-15(16)10-9-13(3)6-2/h5,7,9-10,13-16H,6,8,11-12H2,1-4H3. The lowest BCUT2D eigenvalue weighted by Gasteiger charge is -2.07. The molecule has 0 heteroatoms. The Hall–Kier alpha value is -0.520. The minimum atomic E-state index is 0.765. The van der Waals surface area contributed by atoms with Crippen LogP contribution in [-0.4, -0.2) is 0 Å². The maximum atomic E-state index is 2.47. The van der Waals surface area contributed by atoms with Crippen LogP contribution in [-0.2, 0) is 0 Å². The van der Waals surface area contributed by atoms with Gasteiger partial charge in [-0.1, -0.05) is 51.5 Å². The highest BCUT2D eigenvalue weighted by molar-refractivity contribution is 5.03. The summed E-state index contributed by atoms with van der Waals surface area (Å²) in [5.41, 5.74) is 0. The van der Waals surface area contributed by atoms with Crippen molar-refractivity contribution < 1.29 is 0 Å².